The Balaban J connectivity index is 2.28. The van der Waals surface area contributed by atoms with Crippen molar-refractivity contribution < 1.29 is 0 Å². The maximum atomic E-state index is 5.46. The predicted molar refractivity (Wildman–Crippen MR) is 54.7 cm³/mol. The number of hydrogen-bond donors (Lipinski definition) is 2. The Bertz CT molecular complexity index is 455. The van der Waals surface area contributed by atoms with Gasteiger partial charge in [-0.3, -0.25) is 0 Å². The summed E-state index contributed by atoms with van der Waals surface area (Å²) in [6.45, 7) is 2.39. The number of nitrogens with two attached hydrogens (primary N) is 2. The number of aryl methyl sites for hydroxylation is 1. The summed E-state index contributed by atoms with van der Waals surface area (Å²) in [6, 6.07) is 0. The maximum absolute atomic E-state index is 5.46. The van der Waals surface area contributed by atoms with Crippen LogP contribution in [0.5, 0.6) is 0 Å². The Morgan fingerprint density at radius 1 is 1.20 bits per heavy atom. The number of aromatic nitrogens is 5. The van der Waals surface area contributed by atoms with Crippen LogP contribution < -0.4 is 11.5 Å². The minimum absolute atomic E-state index is 0.135. The Morgan fingerprint density at radius 2 is 1.87 bits per heavy atom. The Kier molecular flexibility index (Phi) is 2.20. The molecule has 0 amide bonds. The summed E-state index contributed by atoms with van der Waals surface area (Å²) >= 11 is 0. The first-order valence-corrected chi connectivity index (χ1v) is 4.39. The molecule has 0 atom stereocenters. The Morgan fingerprint density at radius 3 is 2.40 bits per heavy atom. The molecule has 7 heteroatoms. The fraction of sp³-hybridized carbons (Fsp3) is 0.250. The number of imidazole rings is 1. The Hall–Kier alpha value is -2.18. The molecular weight excluding hydrogens is 194 g/mol. The molecule has 4 N–H and O–H groups in total. The average Bonchev–Trinajstić information content (AvgIpc) is 2.50. The standard InChI is InChI=1S/C8H11N7/c1-5-11-2-3-15(5)4-6-12-7(9)14-8(10)13-6/h2-3H,4H2,1H3,(H4,9,10,12,13,14). The van der Waals surface area contributed by atoms with Gasteiger partial charge in [-0.05, 0) is 6.92 Å². The molecule has 0 unspecified atom stereocenters. The first kappa shape index (κ1) is 9.38. The quantitative estimate of drug-likeness (QED) is 0.689. The van der Waals surface area contributed by atoms with Gasteiger partial charge in [-0.25, -0.2) is 4.98 Å². The zero-order valence-corrected chi connectivity index (χ0v) is 8.25. The SMILES string of the molecule is Cc1nccn1Cc1nc(N)nc(N)n1. The lowest BCUT2D eigenvalue weighted by Gasteiger charge is -2.04. The van der Waals surface area contributed by atoms with E-state index >= 15 is 0 Å². The van der Waals surface area contributed by atoms with Gasteiger partial charge in [0.2, 0.25) is 11.9 Å². The zero-order chi connectivity index (χ0) is 10.8. The molecular formula is C8H11N7. The van der Waals surface area contributed by atoms with Gasteiger partial charge in [-0.15, -0.1) is 0 Å². The molecule has 0 spiro atoms. The van der Waals surface area contributed by atoms with Crippen molar-refractivity contribution >= 4 is 11.9 Å². The highest BCUT2D eigenvalue weighted by atomic mass is 15.2. The molecule has 0 aromatic carbocycles. The molecule has 2 aromatic heterocycles. The molecule has 0 saturated carbocycles. The minimum Gasteiger partial charge on any atom is -0.368 e. The Labute approximate surface area is 86.2 Å². The molecule has 78 valence electrons. The molecule has 0 saturated heterocycles. The number of hydrogen-bond acceptors (Lipinski definition) is 6. The van der Waals surface area contributed by atoms with Crippen LogP contribution >= 0.6 is 0 Å². The van der Waals surface area contributed by atoms with E-state index in [-0.39, 0.29) is 11.9 Å². The maximum Gasteiger partial charge on any atom is 0.225 e. The largest absolute Gasteiger partial charge is 0.368 e. The molecule has 0 radical (unpaired) electrons. The van der Waals surface area contributed by atoms with Crippen molar-refractivity contribution in [2.75, 3.05) is 11.5 Å². The van der Waals surface area contributed by atoms with Gasteiger partial charge in [0.05, 0.1) is 6.54 Å². The van der Waals surface area contributed by atoms with Crippen molar-refractivity contribution in [3.63, 3.8) is 0 Å². The second-order valence-electron chi connectivity index (χ2n) is 3.07. The molecule has 2 heterocycles. The molecule has 0 aliphatic rings. The zero-order valence-electron chi connectivity index (χ0n) is 8.25. The van der Waals surface area contributed by atoms with Crippen molar-refractivity contribution in [2.45, 2.75) is 13.5 Å². The molecule has 2 aromatic rings. The molecule has 15 heavy (non-hydrogen) atoms. The lowest BCUT2D eigenvalue weighted by Crippen LogP contribution is -2.10. The van der Waals surface area contributed by atoms with Crippen LogP contribution in [0.3, 0.4) is 0 Å². The normalized spacial score (nSPS) is 10.5. The monoisotopic (exact) mass is 205 g/mol. The summed E-state index contributed by atoms with van der Waals surface area (Å²) in [4.78, 5) is 15.7. The van der Waals surface area contributed by atoms with Gasteiger partial charge in [0.15, 0.2) is 5.82 Å². The topological polar surface area (TPSA) is 109 Å². The van der Waals surface area contributed by atoms with Gasteiger partial charge in [0.25, 0.3) is 0 Å². The lowest BCUT2D eigenvalue weighted by atomic mass is 10.5. The van der Waals surface area contributed by atoms with E-state index in [0.29, 0.717) is 12.4 Å². The highest BCUT2D eigenvalue weighted by molar-refractivity contribution is 5.25. The molecule has 0 aliphatic carbocycles. The summed E-state index contributed by atoms with van der Waals surface area (Å²) in [5.74, 6) is 1.68. The molecule has 0 aliphatic heterocycles. The number of nitrogens with zero attached hydrogens (tertiary/aromatic N) is 5. The average molecular weight is 205 g/mol. The van der Waals surface area contributed by atoms with E-state index in [0.717, 1.165) is 5.82 Å². The van der Waals surface area contributed by atoms with E-state index in [4.69, 9.17) is 11.5 Å². The van der Waals surface area contributed by atoms with Crippen LogP contribution in [-0.2, 0) is 6.54 Å². The van der Waals surface area contributed by atoms with Gasteiger partial charge in [0, 0.05) is 12.4 Å². The van der Waals surface area contributed by atoms with E-state index in [1.165, 1.54) is 0 Å². The number of anilines is 2. The molecule has 0 bridgehead atoms. The third-order valence-electron chi connectivity index (χ3n) is 1.95. The van der Waals surface area contributed by atoms with E-state index in [2.05, 4.69) is 19.9 Å². The van der Waals surface area contributed by atoms with Crippen LogP contribution in [0.2, 0.25) is 0 Å². The van der Waals surface area contributed by atoms with Crippen molar-refractivity contribution in [3.8, 4) is 0 Å². The van der Waals surface area contributed by atoms with Crippen molar-refractivity contribution in [3.05, 3.63) is 24.0 Å². The fourth-order valence-electron chi connectivity index (χ4n) is 1.25. The van der Waals surface area contributed by atoms with Crippen LogP contribution in [0.25, 0.3) is 0 Å². The second-order valence-corrected chi connectivity index (χ2v) is 3.07. The highest BCUT2D eigenvalue weighted by Gasteiger charge is 2.04. The van der Waals surface area contributed by atoms with Crippen LogP contribution in [0.15, 0.2) is 12.4 Å². The first-order chi connectivity index (χ1) is 7.15. The fourth-order valence-corrected chi connectivity index (χ4v) is 1.25. The number of nitrogen functional groups attached to an aromatic ring is 2. The third kappa shape index (κ3) is 2.01. The van der Waals surface area contributed by atoms with Crippen LogP contribution in [-0.4, -0.2) is 24.5 Å². The van der Waals surface area contributed by atoms with Crippen LogP contribution in [0, 0.1) is 6.92 Å². The van der Waals surface area contributed by atoms with E-state index in [1.54, 1.807) is 6.20 Å². The first-order valence-electron chi connectivity index (χ1n) is 4.39. The van der Waals surface area contributed by atoms with E-state index in [1.807, 2.05) is 17.7 Å². The van der Waals surface area contributed by atoms with Gasteiger partial charge in [-0.1, -0.05) is 0 Å². The van der Waals surface area contributed by atoms with Gasteiger partial charge < -0.3 is 16.0 Å². The highest BCUT2D eigenvalue weighted by Crippen LogP contribution is 2.03. The van der Waals surface area contributed by atoms with Gasteiger partial charge >= 0.3 is 0 Å². The van der Waals surface area contributed by atoms with Crippen molar-refractivity contribution in [1.29, 1.82) is 0 Å². The molecule has 0 fully saturated rings. The summed E-state index contributed by atoms with van der Waals surface area (Å²) in [5.41, 5.74) is 10.9. The van der Waals surface area contributed by atoms with Crippen molar-refractivity contribution in [1.82, 2.24) is 24.5 Å². The molecule has 7 nitrogen and oxygen atoms in total. The lowest BCUT2D eigenvalue weighted by molar-refractivity contribution is 0.715. The summed E-state index contributed by atoms with van der Waals surface area (Å²) in [6.07, 6.45) is 3.55. The van der Waals surface area contributed by atoms with E-state index < -0.39 is 0 Å². The summed E-state index contributed by atoms with van der Waals surface area (Å²) in [5, 5.41) is 0. The predicted octanol–water partition coefficient (Wildman–Crippen LogP) is -0.411. The van der Waals surface area contributed by atoms with Gasteiger partial charge in [0.1, 0.15) is 5.82 Å². The van der Waals surface area contributed by atoms with E-state index in [9.17, 15) is 0 Å². The summed E-state index contributed by atoms with van der Waals surface area (Å²) < 4.78 is 1.90. The number of rotatable bonds is 2. The second kappa shape index (κ2) is 3.52. The van der Waals surface area contributed by atoms with Crippen molar-refractivity contribution in [2.24, 2.45) is 0 Å². The summed E-state index contributed by atoms with van der Waals surface area (Å²) in [7, 11) is 0. The van der Waals surface area contributed by atoms with Gasteiger partial charge in [-0.2, -0.15) is 15.0 Å². The smallest absolute Gasteiger partial charge is 0.225 e. The third-order valence-corrected chi connectivity index (χ3v) is 1.95. The van der Waals surface area contributed by atoms with Crippen LogP contribution in [0.4, 0.5) is 11.9 Å². The minimum atomic E-state index is 0.135. The van der Waals surface area contributed by atoms with Crippen LogP contribution in [0.1, 0.15) is 11.6 Å². The molecule has 2 rings (SSSR count).